The third-order valence-electron chi connectivity index (χ3n) is 3.11. The highest BCUT2D eigenvalue weighted by Gasteiger charge is 2.14. The third-order valence-corrected chi connectivity index (χ3v) is 3.11. The van der Waals surface area contributed by atoms with Gasteiger partial charge in [-0.15, -0.1) is 10.2 Å². The lowest BCUT2D eigenvalue weighted by molar-refractivity contribution is -0.117. The van der Waals surface area contributed by atoms with E-state index in [2.05, 4.69) is 35.6 Å². The van der Waals surface area contributed by atoms with E-state index in [0.717, 1.165) is 26.2 Å². The van der Waals surface area contributed by atoms with Crippen molar-refractivity contribution in [1.82, 2.24) is 35.5 Å². The number of piperazine rings is 1. The summed E-state index contributed by atoms with van der Waals surface area (Å²) in [6, 6.07) is 0. The Morgan fingerprint density at radius 1 is 1.29 bits per heavy atom. The predicted octanol–water partition coefficient (Wildman–Crippen LogP) is -0.871. The van der Waals surface area contributed by atoms with Gasteiger partial charge in [-0.05, 0) is 12.1 Å². The molecule has 1 aliphatic heterocycles. The maximum absolute atomic E-state index is 11.0. The summed E-state index contributed by atoms with van der Waals surface area (Å²) < 4.78 is 0. The minimum absolute atomic E-state index is 0.0238. The summed E-state index contributed by atoms with van der Waals surface area (Å²) >= 11 is 0. The van der Waals surface area contributed by atoms with Crippen LogP contribution in [0.5, 0.6) is 0 Å². The van der Waals surface area contributed by atoms with Gasteiger partial charge in [-0.25, -0.2) is 9.97 Å². The number of carbonyl (C=O) groups is 1. The van der Waals surface area contributed by atoms with Crippen LogP contribution < -0.4 is 10.2 Å². The van der Waals surface area contributed by atoms with Crippen LogP contribution in [-0.4, -0.2) is 62.1 Å². The first-order valence-electron chi connectivity index (χ1n) is 6.78. The van der Waals surface area contributed by atoms with Crippen LogP contribution in [0, 0.1) is 0 Å². The molecule has 3 rings (SSSR count). The van der Waals surface area contributed by atoms with Crippen LogP contribution in [-0.2, 0) is 11.3 Å². The van der Waals surface area contributed by atoms with Crippen molar-refractivity contribution in [3.05, 3.63) is 12.4 Å². The van der Waals surface area contributed by atoms with Crippen LogP contribution in [0.2, 0.25) is 0 Å². The molecule has 0 aliphatic carbocycles. The molecule has 1 aliphatic rings. The van der Waals surface area contributed by atoms with Crippen LogP contribution in [0.1, 0.15) is 6.92 Å². The predicted molar refractivity (Wildman–Crippen MR) is 74.6 cm³/mol. The minimum Gasteiger partial charge on any atom is -0.338 e. The fourth-order valence-corrected chi connectivity index (χ4v) is 2.09. The first-order chi connectivity index (χ1) is 10.2. The number of aromatic nitrogens is 6. The van der Waals surface area contributed by atoms with Crippen molar-refractivity contribution in [2.24, 2.45) is 0 Å². The number of carbonyl (C=O) groups excluding carboxylic acids is 1. The highest BCUT2D eigenvalue weighted by Crippen LogP contribution is 2.14. The van der Waals surface area contributed by atoms with Crippen LogP contribution in [0.3, 0.4) is 0 Å². The van der Waals surface area contributed by atoms with Crippen molar-refractivity contribution in [2.45, 2.75) is 13.5 Å². The van der Waals surface area contributed by atoms with Gasteiger partial charge >= 0.3 is 0 Å². The maximum Gasteiger partial charge on any atom is 0.225 e. The van der Waals surface area contributed by atoms with E-state index in [1.807, 2.05) is 0 Å². The van der Waals surface area contributed by atoms with Gasteiger partial charge in [-0.2, -0.15) is 4.80 Å². The average Bonchev–Trinajstić information content (AvgIpc) is 2.96. The number of ketones is 1. The van der Waals surface area contributed by atoms with Crippen LogP contribution in [0.15, 0.2) is 12.4 Å². The van der Waals surface area contributed by atoms with Crippen molar-refractivity contribution in [1.29, 1.82) is 0 Å². The Morgan fingerprint density at radius 2 is 2.00 bits per heavy atom. The number of anilines is 1. The molecule has 9 nitrogen and oxygen atoms in total. The van der Waals surface area contributed by atoms with Crippen LogP contribution in [0.25, 0.3) is 11.4 Å². The Hall–Kier alpha value is -2.42. The summed E-state index contributed by atoms with van der Waals surface area (Å²) in [4.78, 5) is 23.1. The van der Waals surface area contributed by atoms with E-state index >= 15 is 0 Å². The zero-order chi connectivity index (χ0) is 14.7. The van der Waals surface area contributed by atoms with E-state index in [4.69, 9.17) is 0 Å². The van der Waals surface area contributed by atoms with Gasteiger partial charge in [-0.1, -0.05) is 0 Å². The molecule has 0 amide bonds. The largest absolute Gasteiger partial charge is 0.338 e. The Kier molecular flexibility index (Phi) is 3.82. The van der Waals surface area contributed by atoms with E-state index in [-0.39, 0.29) is 12.3 Å². The van der Waals surface area contributed by atoms with Crippen molar-refractivity contribution >= 4 is 11.7 Å². The highest BCUT2D eigenvalue weighted by molar-refractivity contribution is 5.75. The SMILES string of the molecule is CC(=O)Cn1nnc(-c2cnc(N3CCNCC3)nc2)n1. The summed E-state index contributed by atoms with van der Waals surface area (Å²) in [7, 11) is 0. The van der Waals surface area contributed by atoms with Crippen molar-refractivity contribution in [3.63, 3.8) is 0 Å². The molecule has 0 atom stereocenters. The summed E-state index contributed by atoms with van der Waals surface area (Å²) in [5.74, 6) is 1.10. The van der Waals surface area contributed by atoms with Crippen LogP contribution in [0.4, 0.5) is 5.95 Å². The lowest BCUT2D eigenvalue weighted by Gasteiger charge is -2.27. The van der Waals surface area contributed by atoms with Gasteiger partial charge in [-0.3, -0.25) is 4.79 Å². The molecule has 21 heavy (non-hydrogen) atoms. The second-order valence-corrected chi connectivity index (χ2v) is 4.85. The number of Topliss-reactive ketones (excluding diaryl/α,β-unsaturated/α-hetero) is 1. The van der Waals surface area contributed by atoms with Gasteiger partial charge in [0.15, 0.2) is 5.78 Å². The Bertz CT molecular complexity index is 616. The molecule has 0 bridgehead atoms. The standard InChI is InChI=1S/C12H16N8O/c1-9(21)8-20-17-11(16-18-20)10-6-14-12(15-7-10)19-4-2-13-3-5-19/h6-7,13H,2-5,8H2,1H3. The molecule has 3 heterocycles. The van der Waals surface area contributed by atoms with Gasteiger partial charge in [0.05, 0.1) is 5.56 Å². The van der Waals surface area contributed by atoms with Gasteiger partial charge in [0, 0.05) is 38.6 Å². The molecular weight excluding hydrogens is 272 g/mol. The molecule has 0 spiro atoms. The summed E-state index contributed by atoms with van der Waals surface area (Å²) in [5, 5.41) is 15.2. The first kappa shape index (κ1) is 13.6. The number of nitrogens with zero attached hydrogens (tertiary/aromatic N) is 7. The van der Waals surface area contributed by atoms with Crippen molar-refractivity contribution < 1.29 is 4.79 Å². The number of nitrogens with one attached hydrogen (secondary N) is 1. The van der Waals surface area contributed by atoms with Crippen molar-refractivity contribution in [3.8, 4) is 11.4 Å². The second-order valence-electron chi connectivity index (χ2n) is 4.85. The topological polar surface area (TPSA) is 102 Å². The molecule has 9 heteroatoms. The minimum atomic E-state index is -0.0238. The number of rotatable bonds is 4. The molecule has 1 fully saturated rings. The Balaban J connectivity index is 1.74. The quantitative estimate of drug-likeness (QED) is 0.774. The second kappa shape index (κ2) is 5.92. The summed E-state index contributed by atoms with van der Waals surface area (Å²) in [5.41, 5.74) is 0.684. The molecule has 0 saturated carbocycles. The zero-order valence-corrected chi connectivity index (χ0v) is 11.7. The molecule has 1 saturated heterocycles. The van der Waals surface area contributed by atoms with Gasteiger partial charge < -0.3 is 10.2 Å². The van der Waals surface area contributed by atoms with Gasteiger partial charge in [0.25, 0.3) is 0 Å². The average molecular weight is 288 g/mol. The molecule has 2 aromatic rings. The molecule has 1 N–H and O–H groups in total. The van der Waals surface area contributed by atoms with Crippen LogP contribution >= 0.6 is 0 Å². The molecule has 0 aromatic carbocycles. The molecule has 2 aromatic heterocycles. The lowest BCUT2D eigenvalue weighted by atomic mass is 10.3. The third kappa shape index (κ3) is 3.19. The number of hydrogen-bond donors (Lipinski definition) is 1. The number of tetrazole rings is 1. The van der Waals surface area contributed by atoms with Gasteiger partial charge in [0.1, 0.15) is 6.54 Å². The van der Waals surface area contributed by atoms with E-state index in [9.17, 15) is 4.79 Å². The molecular formula is C12H16N8O. The zero-order valence-electron chi connectivity index (χ0n) is 11.7. The van der Waals surface area contributed by atoms with E-state index in [1.165, 1.54) is 11.7 Å². The lowest BCUT2D eigenvalue weighted by Crippen LogP contribution is -2.44. The molecule has 0 radical (unpaired) electrons. The monoisotopic (exact) mass is 288 g/mol. The Morgan fingerprint density at radius 3 is 2.67 bits per heavy atom. The van der Waals surface area contributed by atoms with Gasteiger partial charge in [0.2, 0.25) is 11.8 Å². The smallest absolute Gasteiger partial charge is 0.225 e. The Labute approximate surface area is 121 Å². The molecule has 0 unspecified atom stereocenters. The summed E-state index contributed by atoms with van der Waals surface area (Å²) in [6.45, 7) is 5.26. The molecule has 110 valence electrons. The highest BCUT2D eigenvalue weighted by atomic mass is 16.1. The maximum atomic E-state index is 11.0. The number of hydrogen-bond acceptors (Lipinski definition) is 8. The van der Waals surface area contributed by atoms with Crippen molar-refractivity contribution in [2.75, 3.05) is 31.1 Å². The summed E-state index contributed by atoms with van der Waals surface area (Å²) in [6.07, 6.45) is 3.36. The first-order valence-corrected chi connectivity index (χ1v) is 6.78. The van der Waals surface area contributed by atoms with E-state index in [0.29, 0.717) is 17.3 Å². The fraction of sp³-hybridized carbons (Fsp3) is 0.500. The fourth-order valence-electron chi connectivity index (χ4n) is 2.09. The normalized spacial score (nSPS) is 15.2. The van der Waals surface area contributed by atoms with E-state index < -0.39 is 0 Å². The van der Waals surface area contributed by atoms with E-state index in [1.54, 1.807) is 12.4 Å².